The molecule has 0 bridgehead atoms. The fourth-order valence-corrected chi connectivity index (χ4v) is 1.41. The summed E-state index contributed by atoms with van der Waals surface area (Å²) in [7, 11) is 0. The second-order valence-electron chi connectivity index (χ2n) is 3.19. The molecule has 0 spiro atoms. The molecule has 1 aliphatic heterocycles. The second-order valence-corrected chi connectivity index (χ2v) is 3.19. The predicted octanol–water partition coefficient (Wildman–Crippen LogP) is 0.222. The second kappa shape index (κ2) is 5.60. The van der Waals surface area contributed by atoms with Gasteiger partial charge in [-0.3, -0.25) is 4.79 Å². The molecule has 0 aromatic heterocycles. The van der Waals surface area contributed by atoms with Crippen LogP contribution in [-0.2, 0) is 4.79 Å². The van der Waals surface area contributed by atoms with Crippen LogP contribution in [0.15, 0.2) is 0 Å². The first-order valence-corrected chi connectivity index (χ1v) is 4.76. The van der Waals surface area contributed by atoms with Gasteiger partial charge < -0.3 is 10.2 Å². The highest BCUT2D eigenvalue weighted by Crippen LogP contribution is 2.01. The van der Waals surface area contributed by atoms with Gasteiger partial charge in [0, 0.05) is 39.0 Å². The van der Waals surface area contributed by atoms with Gasteiger partial charge >= 0.3 is 0 Å². The molecular weight excluding hydrogens is 164 g/mol. The summed E-state index contributed by atoms with van der Waals surface area (Å²) in [5.74, 6) is 2.79. The lowest BCUT2D eigenvalue weighted by Gasteiger charge is -2.27. The SMILES string of the molecule is C#CCCCC(=O)N1CCNCC1. The van der Waals surface area contributed by atoms with Crippen LogP contribution < -0.4 is 5.32 Å². The number of nitrogens with one attached hydrogen (secondary N) is 1. The van der Waals surface area contributed by atoms with Crippen molar-refractivity contribution >= 4 is 5.91 Å². The Balaban J connectivity index is 2.18. The molecule has 1 saturated heterocycles. The first-order valence-electron chi connectivity index (χ1n) is 4.76. The van der Waals surface area contributed by atoms with E-state index >= 15 is 0 Å². The van der Waals surface area contributed by atoms with Gasteiger partial charge in [0.15, 0.2) is 0 Å². The Morgan fingerprint density at radius 3 is 2.77 bits per heavy atom. The van der Waals surface area contributed by atoms with Gasteiger partial charge in [0.25, 0.3) is 0 Å². The Morgan fingerprint density at radius 1 is 1.46 bits per heavy atom. The molecule has 0 saturated carbocycles. The average molecular weight is 180 g/mol. The van der Waals surface area contributed by atoms with Crippen molar-refractivity contribution in [1.82, 2.24) is 10.2 Å². The molecular formula is C10H16N2O. The summed E-state index contributed by atoms with van der Waals surface area (Å²) in [6.45, 7) is 3.52. The number of amides is 1. The van der Waals surface area contributed by atoms with Crippen LogP contribution in [0.1, 0.15) is 19.3 Å². The molecule has 0 radical (unpaired) electrons. The zero-order valence-corrected chi connectivity index (χ0v) is 7.88. The van der Waals surface area contributed by atoms with Gasteiger partial charge in [-0.15, -0.1) is 12.3 Å². The minimum absolute atomic E-state index is 0.247. The minimum atomic E-state index is 0.247. The Morgan fingerprint density at radius 2 is 2.15 bits per heavy atom. The van der Waals surface area contributed by atoms with Crippen LogP contribution >= 0.6 is 0 Å². The number of unbranched alkanes of at least 4 members (excludes halogenated alkanes) is 1. The maximum atomic E-state index is 11.5. The van der Waals surface area contributed by atoms with E-state index in [1.54, 1.807) is 0 Å². The van der Waals surface area contributed by atoms with E-state index in [9.17, 15) is 4.79 Å². The summed E-state index contributed by atoms with van der Waals surface area (Å²) >= 11 is 0. The summed E-state index contributed by atoms with van der Waals surface area (Å²) in [6, 6.07) is 0. The van der Waals surface area contributed by atoms with E-state index in [1.807, 2.05) is 4.90 Å². The third kappa shape index (κ3) is 3.47. The van der Waals surface area contributed by atoms with E-state index in [2.05, 4.69) is 11.2 Å². The molecule has 1 amide bonds. The smallest absolute Gasteiger partial charge is 0.222 e. The Hall–Kier alpha value is -1.01. The van der Waals surface area contributed by atoms with Crippen molar-refractivity contribution in [3.8, 4) is 12.3 Å². The molecule has 0 aliphatic carbocycles. The molecule has 3 nitrogen and oxygen atoms in total. The van der Waals surface area contributed by atoms with Crippen molar-refractivity contribution in [3.63, 3.8) is 0 Å². The van der Waals surface area contributed by atoms with Gasteiger partial charge in [0.2, 0.25) is 5.91 Å². The van der Waals surface area contributed by atoms with Crippen molar-refractivity contribution in [2.75, 3.05) is 26.2 Å². The predicted molar refractivity (Wildman–Crippen MR) is 52.1 cm³/mol. The Bertz CT molecular complexity index is 201. The standard InChI is InChI=1S/C10H16N2O/c1-2-3-4-5-10(13)12-8-6-11-7-9-12/h1,11H,3-9H2. The van der Waals surface area contributed by atoms with Crippen LogP contribution in [-0.4, -0.2) is 37.0 Å². The fraction of sp³-hybridized carbons (Fsp3) is 0.700. The summed E-state index contributed by atoms with van der Waals surface area (Å²) in [5, 5.41) is 3.21. The molecule has 0 atom stereocenters. The number of carbonyl (C=O) groups excluding carboxylic acids is 1. The number of terminal acetylenes is 1. The molecule has 72 valence electrons. The van der Waals surface area contributed by atoms with Gasteiger partial charge in [-0.1, -0.05) is 0 Å². The molecule has 1 N–H and O–H groups in total. The highest BCUT2D eigenvalue weighted by molar-refractivity contribution is 5.76. The number of nitrogens with zero attached hydrogens (tertiary/aromatic N) is 1. The summed E-state index contributed by atoms with van der Waals surface area (Å²) in [6.07, 6.45) is 7.23. The summed E-state index contributed by atoms with van der Waals surface area (Å²) in [4.78, 5) is 13.4. The fourth-order valence-electron chi connectivity index (χ4n) is 1.41. The van der Waals surface area contributed by atoms with Gasteiger partial charge in [-0.25, -0.2) is 0 Å². The zero-order chi connectivity index (χ0) is 9.52. The van der Waals surface area contributed by atoms with Gasteiger partial charge in [0.05, 0.1) is 0 Å². The topological polar surface area (TPSA) is 32.3 Å². The molecule has 1 heterocycles. The van der Waals surface area contributed by atoms with Crippen molar-refractivity contribution in [2.45, 2.75) is 19.3 Å². The lowest BCUT2D eigenvalue weighted by atomic mass is 10.2. The van der Waals surface area contributed by atoms with Crippen LogP contribution in [0, 0.1) is 12.3 Å². The molecule has 1 rings (SSSR count). The van der Waals surface area contributed by atoms with E-state index in [4.69, 9.17) is 6.42 Å². The molecule has 13 heavy (non-hydrogen) atoms. The third-order valence-electron chi connectivity index (χ3n) is 2.18. The molecule has 0 aromatic rings. The lowest BCUT2D eigenvalue weighted by Crippen LogP contribution is -2.46. The van der Waals surface area contributed by atoms with Gasteiger partial charge in [-0.2, -0.15) is 0 Å². The van der Waals surface area contributed by atoms with Crippen molar-refractivity contribution < 1.29 is 4.79 Å². The number of rotatable bonds is 3. The van der Waals surface area contributed by atoms with Gasteiger partial charge in [-0.05, 0) is 6.42 Å². The molecule has 3 heteroatoms. The third-order valence-corrected chi connectivity index (χ3v) is 2.18. The normalized spacial score (nSPS) is 16.7. The van der Waals surface area contributed by atoms with E-state index < -0.39 is 0 Å². The highest BCUT2D eigenvalue weighted by atomic mass is 16.2. The first-order chi connectivity index (χ1) is 6.34. The van der Waals surface area contributed by atoms with Crippen molar-refractivity contribution in [2.24, 2.45) is 0 Å². The zero-order valence-electron chi connectivity index (χ0n) is 7.88. The van der Waals surface area contributed by atoms with E-state index in [0.717, 1.165) is 32.6 Å². The molecule has 1 aliphatic rings. The quantitative estimate of drug-likeness (QED) is 0.498. The van der Waals surface area contributed by atoms with E-state index in [1.165, 1.54) is 0 Å². The molecule has 0 aromatic carbocycles. The van der Waals surface area contributed by atoms with Gasteiger partial charge in [0.1, 0.15) is 0 Å². The first kappa shape index (κ1) is 10.1. The number of hydrogen-bond donors (Lipinski definition) is 1. The number of piperazine rings is 1. The van der Waals surface area contributed by atoms with E-state index in [-0.39, 0.29) is 5.91 Å². The average Bonchev–Trinajstić information content (AvgIpc) is 2.19. The van der Waals surface area contributed by atoms with Crippen LogP contribution in [0.25, 0.3) is 0 Å². The van der Waals surface area contributed by atoms with Crippen molar-refractivity contribution in [1.29, 1.82) is 0 Å². The van der Waals surface area contributed by atoms with Crippen LogP contribution in [0.3, 0.4) is 0 Å². The number of hydrogen-bond acceptors (Lipinski definition) is 2. The summed E-state index contributed by atoms with van der Waals surface area (Å²) in [5.41, 5.74) is 0. The maximum absolute atomic E-state index is 11.5. The van der Waals surface area contributed by atoms with Crippen LogP contribution in [0.5, 0.6) is 0 Å². The highest BCUT2D eigenvalue weighted by Gasteiger charge is 2.14. The Labute approximate surface area is 79.5 Å². The van der Waals surface area contributed by atoms with Crippen LogP contribution in [0.4, 0.5) is 0 Å². The Kier molecular flexibility index (Phi) is 4.34. The minimum Gasteiger partial charge on any atom is -0.340 e. The maximum Gasteiger partial charge on any atom is 0.222 e. The van der Waals surface area contributed by atoms with Crippen LogP contribution in [0.2, 0.25) is 0 Å². The number of carbonyl (C=O) groups is 1. The monoisotopic (exact) mass is 180 g/mol. The molecule has 0 unspecified atom stereocenters. The largest absolute Gasteiger partial charge is 0.340 e. The van der Waals surface area contributed by atoms with E-state index in [0.29, 0.717) is 12.8 Å². The lowest BCUT2D eigenvalue weighted by molar-refractivity contribution is -0.131. The molecule has 1 fully saturated rings. The van der Waals surface area contributed by atoms with Crippen molar-refractivity contribution in [3.05, 3.63) is 0 Å². The summed E-state index contributed by atoms with van der Waals surface area (Å²) < 4.78 is 0.